The Morgan fingerprint density at radius 2 is 2.18 bits per heavy atom. The zero-order valence-electron chi connectivity index (χ0n) is 16.8. The van der Waals surface area contributed by atoms with Gasteiger partial charge in [0.25, 0.3) is 5.91 Å². The summed E-state index contributed by atoms with van der Waals surface area (Å²) in [4.78, 5) is 17.8. The maximum absolute atomic E-state index is 13.0. The summed E-state index contributed by atoms with van der Waals surface area (Å²) in [6.45, 7) is 9.19. The highest BCUT2D eigenvalue weighted by Crippen LogP contribution is 2.30. The monoisotopic (exact) mass is 382 g/mol. The second-order valence-corrected chi connectivity index (χ2v) is 7.65. The zero-order chi connectivity index (χ0) is 19.8. The van der Waals surface area contributed by atoms with Gasteiger partial charge in [-0.05, 0) is 52.7 Å². The fourth-order valence-corrected chi connectivity index (χ4v) is 3.71. The van der Waals surface area contributed by atoms with Crippen molar-refractivity contribution < 1.29 is 13.9 Å². The Bertz CT molecular complexity index is 1010. The maximum atomic E-state index is 13.0. The number of aryl methyl sites for hydroxylation is 2. The molecule has 3 aromatic heterocycles. The van der Waals surface area contributed by atoms with E-state index in [-0.39, 0.29) is 18.1 Å². The van der Waals surface area contributed by atoms with E-state index in [1.807, 2.05) is 44.5 Å². The van der Waals surface area contributed by atoms with Crippen LogP contribution in [-0.2, 0) is 4.74 Å². The van der Waals surface area contributed by atoms with E-state index < -0.39 is 0 Å². The summed E-state index contributed by atoms with van der Waals surface area (Å²) >= 11 is 0. The van der Waals surface area contributed by atoms with Gasteiger partial charge in [-0.25, -0.2) is 9.67 Å². The summed E-state index contributed by atoms with van der Waals surface area (Å²) in [5.74, 6) is 1.46. The first kappa shape index (κ1) is 18.7. The molecule has 0 saturated carbocycles. The van der Waals surface area contributed by atoms with Gasteiger partial charge in [0, 0.05) is 24.8 Å². The van der Waals surface area contributed by atoms with Crippen LogP contribution in [0.25, 0.3) is 22.3 Å². The van der Waals surface area contributed by atoms with Gasteiger partial charge in [0.15, 0.2) is 5.65 Å². The van der Waals surface area contributed by atoms with Crippen LogP contribution in [0.4, 0.5) is 0 Å². The van der Waals surface area contributed by atoms with Crippen molar-refractivity contribution in [2.24, 2.45) is 0 Å². The lowest BCUT2D eigenvalue weighted by Gasteiger charge is -2.13. The molecule has 1 aliphatic heterocycles. The van der Waals surface area contributed by atoms with Crippen molar-refractivity contribution in [3.8, 4) is 11.3 Å². The van der Waals surface area contributed by atoms with Gasteiger partial charge in [0.2, 0.25) is 0 Å². The van der Waals surface area contributed by atoms with Crippen LogP contribution in [0.1, 0.15) is 54.6 Å². The van der Waals surface area contributed by atoms with E-state index in [0.717, 1.165) is 41.9 Å². The summed E-state index contributed by atoms with van der Waals surface area (Å²) in [7, 11) is 0. The number of furan rings is 1. The molecular weight excluding hydrogens is 356 g/mol. The molecule has 7 heteroatoms. The number of carbonyl (C=O) groups is 1. The highest BCUT2D eigenvalue weighted by molar-refractivity contribution is 6.06. The molecule has 0 aromatic carbocycles. The van der Waals surface area contributed by atoms with Gasteiger partial charge in [-0.15, -0.1) is 0 Å². The van der Waals surface area contributed by atoms with Gasteiger partial charge < -0.3 is 14.5 Å². The Morgan fingerprint density at radius 3 is 2.82 bits per heavy atom. The lowest BCUT2D eigenvalue weighted by atomic mass is 10.1. The van der Waals surface area contributed by atoms with Gasteiger partial charge in [-0.1, -0.05) is 0 Å². The summed E-state index contributed by atoms with van der Waals surface area (Å²) in [6.07, 6.45) is 3.85. The molecule has 0 bridgehead atoms. The van der Waals surface area contributed by atoms with E-state index in [2.05, 4.69) is 10.4 Å². The SMILES string of the molecule is Cc1cc(-c2cc(C(=O)NC[C@@H]3CCCO3)c3cnn(C(C)C)c3n2)c(C)o1. The highest BCUT2D eigenvalue weighted by Gasteiger charge is 2.22. The molecule has 1 N–H and O–H groups in total. The first-order chi connectivity index (χ1) is 13.4. The Labute approximate surface area is 164 Å². The van der Waals surface area contributed by atoms with Crippen LogP contribution < -0.4 is 5.32 Å². The summed E-state index contributed by atoms with van der Waals surface area (Å²) < 4.78 is 13.1. The van der Waals surface area contributed by atoms with Crippen LogP contribution in [0.2, 0.25) is 0 Å². The second-order valence-electron chi connectivity index (χ2n) is 7.65. The molecule has 0 unspecified atom stereocenters. The molecular formula is C21H26N4O3. The van der Waals surface area contributed by atoms with Crippen molar-refractivity contribution in [1.29, 1.82) is 0 Å². The predicted octanol–water partition coefficient (Wildman–Crippen LogP) is 3.80. The highest BCUT2D eigenvalue weighted by atomic mass is 16.5. The van der Waals surface area contributed by atoms with Crippen molar-refractivity contribution >= 4 is 16.9 Å². The number of rotatable bonds is 5. The number of nitrogens with zero attached hydrogens (tertiary/aromatic N) is 3. The molecule has 1 aliphatic rings. The van der Waals surface area contributed by atoms with Crippen LogP contribution in [-0.4, -0.2) is 39.9 Å². The zero-order valence-corrected chi connectivity index (χ0v) is 16.8. The van der Waals surface area contributed by atoms with Gasteiger partial charge in [0.05, 0.1) is 28.9 Å². The van der Waals surface area contributed by atoms with Crippen molar-refractivity contribution in [2.45, 2.75) is 52.7 Å². The Balaban J connectivity index is 1.77. The number of amides is 1. The van der Waals surface area contributed by atoms with Gasteiger partial charge in [0.1, 0.15) is 11.5 Å². The van der Waals surface area contributed by atoms with Crippen molar-refractivity contribution in [1.82, 2.24) is 20.1 Å². The Kier molecular flexibility index (Phi) is 4.93. The average molecular weight is 382 g/mol. The van der Waals surface area contributed by atoms with E-state index in [9.17, 15) is 4.79 Å². The molecule has 0 aliphatic carbocycles. The largest absolute Gasteiger partial charge is 0.466 e. The Hall–Kier alpha value is -2.67. The number of aromatic nitrogens is 3. The molecule has 1 amide bonds. The van der Waals surface area contributed by atoms with Gasteiger partial charge >= 0.3 is 0 Å². The third-order valence-corrected chi connectivity index (χ3v) is 5.13. The number of pyridine rings is 1. The molecule has 28 heavy (non-hydrogen) atoms. The number of hydrogen-bond donors (Lipinski definition) is 1. The lowest BCUT2D eigenvalue weighted by Crippen LogP contribution is -2.31. The van der Waals surface area contributed by atoms with Crippen molar-refractivity contribution in [3.05, 3.63) is 35.4 Å². The smallest absolute Gasteiger partial charge is 0.252 e. The van der Waals surface area contributed by atoms with E-state index in [1.165, 1.54) is 0 Å². The molecule has 7 nitrogen and oxygen atoms in total. The molecule has 4 rings (SSSR count). The minimum absolute atomic E-state index is 0.0953. The standard InChI is InChI=1S/C21H26N4O3/c1-12(2)25-20-18(11-23-25)17(21(26)22-10-15-6-5-7-27-15)9-19(24-20)16-8-13(3)28-14(16)4/h8-9,11-12,15H,5-7,10H2,1-4H3,(H,22,26)/t15-/m0/s1. The summed E-state index contributed by atoms with van der Waals surface area (Å²) in [5.41, 5.74) is 2.88. The normalized spacial score (nSPS) is 17.0. The number of hydrogen-bond acceptors (Lipinski definition) is 5. The quantitative estimate of drug-likeness (QED) is 0.726. The van der Waals surface area contributed by atoms with E-state index >= 15 is 0 Å². The number of nitrogens with one attached hydrogen (secondary N) is 1. The minimum atomic E-state index is -0.134. The van der Waals surface area contributed by atoms with E-state index in [1.54, 1.807) is 6.20 Å². The van der Waals surface area contributed by atoms with Crippen LogP contribution >= 0.6 is 0 Å². The summed E-state index contributed by atoms with van der Waals surface area (Å²) in [5, 5.41) is 8.23. The predicted molar refractivity (Wildman–Crippen MR) is 106 cm³/mol. The first-order valence-electron chi connectivity index (χ1n) is 9.79. The Morgan fingerprint density at radius 1 is 1.36 bits per heavy atom. The molecule has 1 saturated heterocycles. The maximum Gasteiger partial charge on any atom is 0.252 e. The first-order valence-corrected chi connectivity index (χ1v) is 9.79. The van der Waals surface area contributed by atoms with Crippen LogP contribution in [0, 0.1) is 13.8 Å². The van der Waals surface area contributed by atoms with Crippen molar-refractivity contribution in [2.75, 3.05) is 13.2 Å². The molecule has 148 valence electrons. The van der Waals surface area contributed by atoms with E-state index in [0.29, 0.717) is 23.4 Å². The second kappa shape index (κ2) is 7.39. The average Bonchev–Trinajstić information content (AvgIpc) is 3.38. The van der Waals surface area contributed by atoms with Crippen molar-refractivity contribution in [3.63, 3.8) is 0 Å². The van der Waals surface area contributed by atoms with Crippen LogP contribution in [0.15, 0.2) is 22.7 Å². The third kappa shape index (κ3) is 3.42. The summed E-state index contributed by atoms with van der Waals surface area (Å²) in [6, 6.07) is 3.92. The molecule has 0 radical (unpaired) electrons. The molecule has 4 heterocycles. The molecule has 0 spiro atoms. The minimum Gasteiger partial charge on any atom is -0.466 e. The number of carbonyl (C=O) groups excluding carboxylic acids is 1. The number of fused-ring (bicyclic) bond motifs is 1. The van der Waals surface area contributed by atoms with E-state index in [4.69, 9.17) is 14.1 Å². The van der Waals surface area contributed by atoms with Crippen LogP contribution in [0.3, 0.4) is 0 Å². The fourth-order valence-electron chi connectivity index (χ4n) is 3.71. The molecule has 1 fully saturated rings. The van der Waals surface area contributed by atoms with Gasteiger partial charge in [-0.2, -0.15) is 5.10 Å². The fraction of sp³-hybridized carbons (Fsp3) is 0.476. The van der Waals surface area contributed by atoms with Crippen LogP contribution in [0.5, 0.6) is 0 Å². The molecule has 1 atom stereocenters. The molecule has 3 aromatic rings. The number of ether oxygens (including phenoxy) is 1. The third-order valence-electron chi connectivity index (χ3n) is 5.13. The topological polar surface area (TPSA) is 82.2 Å². The van der Waals surface area contributed by atoms with Gasteiger partial charge in [-0.3, -0.25) is 4.79 Å². The lowest BCUT2D eigenvalue weighted by molar-refractivity contribution is 0.0859.